The molecule has 1 amide bonds. The minimum Gasteiger partial charge on any atom is -0.491 e. The number of benzene rings is 3. The van der Waals surface area contributed by atoms with E-state index in [9.17, 15) is 9.90 Å². The largest absolute Gasteiger partial charge is 0.491 e. The second-order valence-electron chi connectivity index (χ2n) is 8.87. The summed E-state index contributed by atoms with van der Waals surface area (Å²) in [7, 11) is 0. The van der Waals surface area contributed by atoms with Gasteiger partial charge >= 0.3 is 0 Å². The number of aliphatic hydroxyl groups is 1. The first-order valence-corrected chi connectivity index (χ1v) is 12.7. The summed E-state index contributed by atoms with van der Waals surface area (Å²) in [5.41, 5.74) is 0.927. The first-order chi connectivity index (χ1) is 16.5. The van der Waals surface area contributed by atoms with E-state index in [1.807, 2.05) is 53.4 Å². The Morgan fingerprint density at radius 3 is 2.38 bits per heavy atom. The second kappa shape index (κ2) is 10.0. The van der Waals surface area contributed by atoms with Gasteiger partial charge in [0.25, 0.3) is 0 Å². The van der Waals surface area contributed by atoms with Crippen molar-refractivity contribution in [1.82, 2.24) is 4.90 Å². The van der Waals surface area contributed by atoms with Gasteiger partial charge in [-0.1, -0.05) is 53.7 Å². The molecule has 0 bridgehead atoms. The molecular formula is C27H27ClN2O3S. The predicted molar refractivity (Wildman–Crippen MR) is 136 cm³/mol. The van der Waals surface area contributed by atoms with Gasteiger partial charge in [0.15, 0.2) is 0 Å². The lowest BCUT2D eigenvalue weighted by atomic mass is 9.96. The fraction of sp³-hybridized carbons (Fsp3) is 0.296. The Bertz CT molecular complexity index is 1140. The third kappa shape index (κ3) is 5.10. The quantitative estimate of drug-likeness (QED) is 0.488. The van der Waals surface area contributed by atoms with Gasteiger partial charge in [-0.2, -0.15) is 0 Å². The molecule has 1 fully saturated rings. The molecule has 2 aliphatic rings. The number of rotatable bonds is 5. The average molecular weight is 495 g/mol. The van der Waals surface area contributed by atoms with Crippen molar-refractivity contribution in [2.45, 2.75) is 34.7 Å². The maximum Gasteiger partial charge on any atom is 0.245 e. The average Bonchev–Trinajstić information content (AvgIpc) is 3.03. The van der Waals surface area contributed by atoms with Crippen LogP contribution in [0.3, 0.4) is 0 Å². The van der Waals surface area contributed by atoms with E-state index >= 15 is 0 Å². The second-order valence-corrected chi connectivity index (χ2v) is 10.4. The maximum atomic E-state index is 13.6. The molecule has 2 aliphatic heterocycles. The van der Waals surface area contributed by atoms with Crippen molar-refractivity contribution in [3.63, 3.8) is 0 Å². The molecule has 0 saturated carbocycles. The monoisotopic (exact) mass is 494 g/mol. The van der Waals surface area contributed by atoms with E-state index < -0.39 is 5.60 Å². The van der Waals surface area contributed by atoms with E-state index in [1.165, 1.54) is 0 Å². The van der Waals surface area contributed by atoms with Crippen LogP contribution in [0.25, 0.3) is 0 Å². The molecule has 0 aromatic heterocycles. The topological polar surface area (TPSA) is 53.0 Å². The standard InChI is InChI=1S/C27H27ClN2O3S/c28-20-7-5-8-21(17-20)33-19-27(32)13-6-15-29(16-14-27)18-26(31)30-22-9-1-3-11-24(22)34-25-12-4-2-10-23(25)30/h1-5,7-12,17,32H,6,13-16,18-19H2/t27-/m1/s1. The van der Waals surface area contributed by atoms with Gasteiger partial charge in [0.2, 0.25) is 5.91 Å². The Labute approximate surface area is 209 Å². The van der Waals surface area contributed by atoms with Crippen LogP contribution in [0.2, 0.25) is 5.02 Å². The van der Waals surface area contributed by atoms with Crippen LogP contribution in [0.1, 0.15) is 19.3 Å². The number of nitrogens with zero attached hydrogens (tertiary/aromatic N) is 2. The molecule has 2 heterocycles. The molecule has 0 unspecified atom stereocenters. The highest BCUT2D eigenvalue weighted by atomic mass is 35.5. The Hall–Kier alpha value is -2.51. The summed E-state index contributed by atoms with van der Waals surface area (Å²) < 4.78 is 5.84. The number of para-hydroxylation sites is 2. The van der Waals surface area contributed by atoms with Gasteiger partial charge < -0.3 is 9.84 Å². The number of hydrogen-bond donors (Lipinski definition) is 1. The van der Waals surface area contributed by atoms with Gasteiger partial charge in [-0.25, -0.2) is 0 Å². The smallest absolute Gasteiger partial charge is 0.245 e. The third-order valence-electron chi connectivity index (χ3n) is 6.35. The number of amides is 1. The molecule has 1 atom stereocenters. The SMILES string of the molecule is O=C(CN1CCC[C@](O)(COc2cccc(Cl)c2)CC1)N1c2ccccc2Sc2ccccc21. The number of anilines is 2. The van der Waals surface area contributed by atoms with Crippen molar-refractivity contribution < 1.29 is 14.6 Å². The molecule has 176 valence electrons. The predicted octanol–water partition coefficient (Wildman–Crippen LogP) is 5.77. The summed E-state index contributed by atoms with van der Waals surface area (Å²) in [6, 6.07) is 23.3. The third-order valence-corrected chi connectivity index (χ3v) is 7.72. The van der Waals surface area contributed by atoms with Crippen LogP contribution in [-0.2, 0) is 4.79 Å². The van der Waals surface area contributed by atoms with Crippen LogP contribution in [0.15, 0.2) is 82.6 Å². The molecule has 0 radical (unpaired) electrons. The zero-order valence-corrected chi connectivity index (χ0v) is 20.4. The summed E-state index contributed by atoms with van der Waals surface area (Å²) in [5.74, 6) is 0.693. The highest BCUT2D eigenvalue weighted by molar-refractivity contribution is 7.99. The lowest BCUT2D eigenvalue weighted by molar-refractivity contribution is -0.119. The molecule has 1 N–H and O–H groups in total. The highest BCUT2D eigenvalue weighted by Crippen LogP contribution is 2.47. The van der Waals surface area contributed by atoms with Gasteiger partial charge in [0.1, 0.15) is 12.4 Å². The number of halogens is 1. The van der Waals surface area contributed by atoms with Crippen LogP contribution in [0.4, 0.5) is 11.4 Å². The Kier molecular flexibility index (Phi) is 6.84. The number of hydrogen-bond acceptors (Lipinski definition) is 5. The minimum absolute atomic E-state index is 0.0424. The van der Waals surface area contributed by atoms with Crippen molar-refractivity contribution in [3.8, 4) is 5.75 Å². The molecule has 0 aliphatic carbocycles. The summed E-state index contributed by atoms with van der Waals surface area (Å²) in [6.07, 6.45) is 1.97. The van der Waals surface area contributed by atoms with Gasteiger partial charge in [0, 0.05) is 21.4 Å². The number of ether oxygens (including phenoxy) is 1. The highest BCUT2D eigenvalue weighted by Gasteiger charge is 2.33. The number of carbonyl (C=O) groups excluding carboxylic acids is 1. The first kappa shape index (κ1) is 23.2. The van der Waals surface area contributed by atoms with Crippen LogP contribution in [0, 0.1) is 0 Å². The zero-order chi connectivity index (χ0) is 23.5. The van der Waals surface area contributed by atoms with Crippen LogP contribution < -0.4 is 9.64 Å². The Morgan fingerprint density at radius 2 is 1.68 bits per heavy atom. The molecule has 3 aromatic carbocycles. The zero-order valence-electron chi connectivity index (χ0n) is 18.8. The number of fused-ring (bicyclic) bond motifs is 2. The van der Waals surface area contributed by atoms with Crippen LogP contribution in [-0.4, -0.2) is 47.8 Å². The molecular weight excluding hydrogens is 468 g/mol. The summed E-state index contributed by atoms with van der Waals surface area (Å²) >= 11 is 7.73. The van der Waals surface area contributed by atoms with Crippen molar-refractivity contribution in [3.05, 3.63) is 77.8 Å². The van der Waals surface area contributed by atoms with Gasteiger partial charge in [0.05, 0.1) is 23.5 Å². The molecule has 7 heteroatoms. The summed E-state index contributed by atoms with van der Waals surface area (Å²) in [4.78, 5) is 19.7. The van der Waals surface area contributed by atoms with E-state index in [1.54, 1.807) is 23.9 Å². The van der Waals surface area contributed by atoms with E-state index in [0.717, 1.165) is 34.1 Å². The van der Waals surface area contributed by atoms with Gasteiger partial charge in [-0.15, -0.1) is 0 Å². The van der Waals surface area contributed by atoms with E-state index in [4.69, 9.17) is 16.3 Å². The van der Waals surface area contributed by atoms with Crippen molar-refractivity contribution >= 4 is 40.6 Å². The van der Waals surface area contributed by atoms with Crippen LogP contribution in [0.5, 0.6) is 5.75 Å². The molecule has 5 rings (SSSR count). The molecule has 34 heavy (non-hydrogen) atoms. The maximum absolute atomic E-state index is 13.6. The normalized spacial score (nSPS) is 20.2. The Morgan fingerprint density at radius 1 is 0.971 bits per heavy atom. The van der Waals surface area contributed by atoms with E-state index in [-0.39, 0.29) is 12.5 Å². The molecule has 3 aromatic rings. The molecule has 0 spiro atoms. The van der Waals surface area contributed by atoms with E-state index in [0.29, 0.717) is 36.7 Å². The van der Waals surface area contributed by atoms with Gasteiger partial charge in [-0.3, -0.25) is 14.6 Å². The molecule has 5 nitrogen and oxygen atoms in total. The van der Waals surface area contributed by atoms with Crippen molar-refractivity contribution in [2.75, 3.05) is 31.1 Å². The summed E-state index contributed by atoms with van der Waals surface area (Å²) in [5, 5.41) is 11.8. The van der Waals surface area contributed by atoms with Crippen molar-refractivity contribution in [2.24, 2.45) is 0 Å². The fourth-order valence-electron chi connectivity index (χ4n) is 4.55. The fourth-order valence-corrected chi connectivity index (χ4v) is 5.79. The van der Waals surface area contributed by atoms with Gasteiger partial charge in [-0.05, 0) is 68.3 Å². The number of likely N-dealkylation sites (tertiary alicyclic amines) is 1. The first-order valence-electron chi connectivity index (χ1n) is 11.5. The Balaban J connectivity index is 1.26. The minimum atomic E-state index is -0.929. The van der Waals surface area contributed by atoms with Crippen molar-refractivity contribution in [1.29, 1.82) is 0 Å². The van der Waals surface area contributed by atoms with E-state index in [2.05, 4.69) is 17.0 Å². The number of carbonyl (C=O) groups is 1. The van der Waals surface area contributed by atoms with Crippen LogP contribution >= 0.6 is 23.4 Å². The molecule has 1 saturated heterocycles. The lowest BCUT2D eigenvalue weighted by Gasteiger charge is -2.32. The summed E-state index contributed by atoms with van der Waals surface area (Å²) in [6.45, 7) is 1.90. The lowest BCUT2D eigenvalue weighted by Crippen LogP contribution is -2.41.